The molecular formula is C26H30F2N6. The number of rotatable bonds is 9. The van der Waals surface area contributed by atoms with Crippen LogP contribution < -0.4 is 16.4 Å². The van der Waals surface area contributed by atoms with Crippen molar-refractivity contribution in [2.24, 2.45) is 10.9 Å². The van der Waals surface area contributed by atoms with Gasteiger partial charge in [-0.05, 0) is 56.5 Å². The molecule has 4 N–H and O–H groups in total. The molecule has 1 aliphatic rings. The Kier molecular flexibility index (Phi) is 7.69. The zero-order valence-electron chi connectivity index (χ0n) is 19.1. The average molecular weight is 465 g/mol. The molecule has 1 fully saturated rings. The number of anilines is 1. The van der Waals surface area contributed by atoms with Gasteiger partial charge in [0.05, 0.1) is 11.8 Å². The normalized spacial score (nSPS) is 14.5. The minimum absolute atomic E-state index is 0.253. The topological polar surface area (TPSA) is 80.3 Å². The summed E-state index contributed by atoms with van der Waals surface area (Å²) >= 11 is 0. The van der Waals surface area contributed by atoms with Gasteiger partial charge in [-0.25, -0.2) is 18.8 Å². The summed E-state index contributed by atoms with van der Waals surface area (Å²) in [5.74, 6) is 1.21. The van der Waals surface area contributed by atoms with Crippen LogP contribution in [0.4, 0.5) is 14.6 Å². The molecular weight excluding hydrogens is 434 g/mol. The van der Waals surface area contributed by atoms with Crippen molar-refractivity contribution in [3.05, 3.63) is 83.8 Å². The van der Waals surface area contributed by atoms with E-state index in [1.807, 2.05) is 4.57 Å². The third-order valence-corrected chi connectivity index (χ3v) is 6.15. The lowest BCUT2D eigenvalue weighted by Crippen LogP contribution is -2.28. The summed E-state index contributed by atoms with van der Waals surface area (Å²) in [5.41, 5.74) is 7.81. The van der Waals surface area contributed by atoms with E-state index in [2.05, 4.69) is 27.2 Å². The number of aromatic nitrogens is 2. The number of hydrogen-bond donors (Lipinski definition) is 3. The van der Waals surface area contributed by atoms with Crippen LogP contribution >= 0.6 is 0 Å². The van der Waals surface area contributed by atoms with Crippen LogP contribution in [-0.4, -0.2) is 28.9 Å². The van der Waals surface area contributed by atoms with E-state index in [-0.39, 0.29) is 18.2 Å². The highest BCUT2D eigenvalue weighted by atomic mass is 19.1. The van der Waals surface area contributed by atoms with Gasteiger partial charge in [0.2, 0.25) is 0 Å². The molecule has 6 nitrogen and oxygen atoms in total. The molecule has 0 radical (unpaired) electrons. The second-order valence-corrected chi connectivity index (χ2v) is 8.47. The summed E-state index contributed by atoms with van der Waals surface area (Å²) in [6.45, 7) is 6.81. The van der Waals surface area contributed by atoms with Gasteiger partial charge >= 0.3 is 0 Å². The van der Waals surface area contributed by atoms with Crippen LogP contribution in [0.3, 0.4) is 0 Å². The second kappa shape index (κ2) is 11.1. The fraction of sp³-hybridized carbons (Fsp3) is 0.308. The van der Waals surface area contributed by atoms with Crippen LogP contribution in [0.15, 0.2) is 65.9 Å². The van der Waals surface area contributed by atoms with Crippen molar-refractivity contribution >= 4 is 12.0 Å². The highest BCUT2D eigenvalue weighted by Crippen LogP contribution is 2.28. The number of nitrogens with one attached hydrogen (secondary N) is 2. The molecule has 1 aromatic heterocycles. The molecule has 0 amide bonds. The molecule has 0 unspecified atom stereocenters. The number of nitrogen functional groups attached to an aromatic ring is 1. The lowest BCUT2D eigenvalue weighted by molar-refractivity contribution is 0.339. The monoisotopic (exact) mass is 464 g/mol. The number of imidazole rings is 1. The minimum atomic E-state index is -0.352. The molecule has 1 aliphatic heterocycles. The summed E-state index contributed by atoms with van der Waals surface area (Å²) in [6, 6.07) is 13.1. The lowest BCUT2D eigenvalue weighted by Gasteiger charge is -2.23. The summed E-state index contributed by atoms with van der Waals surface area (Å²) in [6.07, 6.45) is 4.69. The van der Waals surface area contributed by atoms with Gasteiger partial charge in [0.25, 0.3) is 0 Å². The molecule has 34 heavy (non-hydrogen) atoms. The number of benzene rings is 2. The standard InChI is InChI=1S/C26H30F2N6/c1-18(31-16-20-6-2-4-8-22(20)27)32-17-24-25(29)34(15-12-19-10-13-30-14-11-19)26(33-24)21-7-3-5-9-23(21)28/h2-9,17,19,30-31H,1,10-16,29H2/b32-17-. The molecule has 0 bridgehead atoms. The van der Waals surface area contributed by atoms with Crippen molar-refractivity contribution < 1.29 is 8.78 Å². The number of halogens is 2. The molecule has 2 heterocycles. The van der Waals surface area contributed by atoms with Crippen LogP contribution in [0.5, 0.6) is 0 Å². The minimum Gasteiger partial charge on any atom is -0.383 e. The van der Waals surface area contributed by atoms with Crippen molar-refractivity contribution in [3.8, 4) is 11.4 Å². The predicted octanol–water partition coefficient (Wildman–Crippen LogP) is 4.48. The van der Waals surface area contributed by atoms with Crippen LogP contribution in [0.1, 0.15) is 30.5 Å². The van der Waals surface area contributed by atoms with E-state index in [4.69, 9.17) is 5.73 Å². The summed E-state index contributed by atoms with van der Waals surface area (Å²) < 4.78 is 30.3. The number of hydrogen-bond acceptors (Lipinski definition) is 5. The van der Waals surface area contributed by atoms with Crippen molar-refractivity contribution in [2.45, 2.75) is 32.4 Å². The second-order valence-electron chi connectivity index (χ2n) is 8.47. The van der Waals surface area contributed by atoms with Crippen LogP contribution in [0, 0.1) is 17.6 Å². The Labute approximate surface area is 198 Å². The Morgan fingerprint density at radius 3 is 2.59 bits per heavy atom. The molecule has 0 saturated carbocycles. The van der Waals surface area contributed by atoms with E-state index in [1.165, 1.54) is 18.3 Å². The van der Waals surface area contributed by atoms with Crippen molar-refractivity contribution in [1.29, 1.82) is 0 Å². The molecule has 178 valence electrons. The first-order chi connectivity index (χ1) is 16.5. The molecule has 2 aromatic carbocycles. The largest absolute Gasteiger partial charge is 0.383 e. The molecule has 3 aromatic rings. The number of piperidine rings is 1. The zero-order chi connectivity index (χ0) is 23.9. The summed E-state index contributed by atoms with van der Waals surface area (Å²) in [7, 11) is 0. The Hall–Kier alpha value is -3.52. The van der Waals surface area contributed by atoms with Gasteiger partial charge in [-0.3, -0.25) is 0 Å². The van der Waals surface area contributed by atoms with Gasteiger partial charge in [-0.2, -0.15) is 0 Å². The molecule has 0 aliphatic carbocycles. The molecule has 0 spiro atoms. The first-order valence-electron chi connectivity index (χ1n) is 11.5. The fourth-order valence-electron chi connectivity index (χ4n) is 4.16. The molecule has 0 atom stereocenters. The maximum absolute atomic E-state index is 14.6. The zero-order valence-corrected chi connectivity index (χ0v) is 19.1. The maximum Gasteiger partial charge on any atom is 0.145 e. The van der Waals surface area contributed by atoms with Crippen LogP contribution in [0.25, 0.3) is 11.4 Å². The highest BCUT2D eigenvalue weighted by molar-refractivity contribution is 5.86. The van der Waals surface area contributed by atoms with E-state index in [9.17, 15) is 8.78 Å². The third kappa shape index (κ3) is 5.69. The van der Waals surface area contributed by atoms with Crippen LogP contribution in [-0.2, 0) is 13.1 Å². The number of nitrogens with two attached hydrogens (primary N) is 1. The van der Waals surface area contributed by atoms with E-state index in [1.54, 1.807) is 36.4 Å². The van der Waals surface area contributed by atoms with Crippen molar-refractivity contribution in [1.82, 2.24) is 20.2 Å². The Morgan fingerprint density at radius 2 is 1.85 bits per heavy atom. The summed E-state index contributed by atoms with van der Waals surface area (Å²) in [4.78, 5) is 8.93. The number of aliphatic imine (C=N–C) groups is 1. The van der Waals surface area contributed by atoms with Gasteiger partial charge in [0.1, 0.15) is 34.8 Å². The summed E-state index contributed by atoms with van der Waals surface area (Å²) in [5, 5.41) is 6.36. The predicted molar refractivity (Wildman–Crippen MR) is 132 cm³/mol. The highest BCUT2D eigenvalue weighted by Gasteiger charge is 2.20. The smallest absolute Gasteiger partial charge is 0.145 e. The van der Waals surface area contributed by atoms with Gasteiger partial charge in [0, 0.05) is 18.7 Å². The van der Waals surface area contributed by atoms with Gasteiger partial charge in [-0.15, -0.1) is 0 Å². The molecule has 8 heteroatoms. The van der Waals surface area contributed by atoms with E-state index >= 15 is 0 Å². The quantitative estimate of drug-likeness (QED) is 0.408. The first-order valence-corrected chi connectivity index (χ1v) is 11.5. The van der Waals surface area contributed by atoms with E-state index < -0.39 is 0 Å². The SMILES string of the molecule is C=C(/N=C\c1nc(-c2ccccc2F)n(CCC2CCNCC2)c1N)NCc1ccccc1F. The van der Waals surface area contributed by atoms with Gasteiger partial charge in [0.15, 0.2) is 0 Å². The van der Waals surface area contributed by atoms with Gasteiger partial charge in [-0.1, -0.05) is 36.9 Å². The third-order valence-electron chi connectivity index (χ3n) is 6.15. The van der Waals surface area contributed by atoms with Crippen LogP contribution in [0.2, 0.25) is 0 Å². The average Bonchev–Trinajstić information content (AvgIpc) is 3.16. The Bertz CT molecular complexity index is 1160. The lowest BCUT2D eigenvalue weighted by atomic mass is 9.94. The Morgan fingerprint density at radius 1 is 1.15 bits per heavy atom. The fourth-order valence-corrected chi connectivity index (χ4v) is 4.16. The van der Waals surface area contributed by atoms with E-state index in [0.29, 0.717) is 46.7 Å². The Balaban J connectivity index is 1.52. The van der Waals surface area contributed by atoms with Crippen molar-refractivity contribution in [3.63, 3.8) is 0 Å². The number of nitrogens with zero attached hydrogens (tertiary/aromatic N) is 3. The first kappa shape index (κ1) is 23.6. The molecule has 4 rings (SSSR count). The van der Waals surface area contributed by atoms with Gasteiger partial charge < -0.3 is 20.9 Å². The molecule has 1 saturated heterocycles. The van der Waals surface area contributed by atoms with Crippen molar-refractivity contribution in [2.75, 3.05) is 18.8 Å². The maximum atomic E-state index is 14.6. The van der Waals surface area contributed by atoms with E-state index in [0.717, 1.165) is 32.4 Å².